The molecule has 3 rings (SSSR count). The fourth-order valence-corrected chi connectivity index (χ4v) is 2.52. The molecule has 114 valence electrons. The molecule has 0 N–H and O–H groups in total. The molecule has 6 nitrogen and oxygen atoms in total. The summed E-state index contributed by atoms with van der Waals surface area (Å²) in [7, 11) is 3.79. The molecule has 22 heavy (non-hydrogen) atoms. The van der Waals surface area contributed by atoms with Crippen molar-refractivity contribution in [3.8, 4) is 0 Å². The molecule has 0 saturated heterocycles. The first-order valence-corrected chi connectivity index (χ1v) is 7.16. The van der Waals surface area contributed by atoms with Crippen LogP contribution in [-0.2, 0) is 11.3 Å². The van der Waals surface area contributed by atoms with Gasteiger partial charge in [0.2, 0.25) is 0 Å². The van der Waals surface area contributed by atoms with Crippen molar-refractivity contribution < 1.29 is 4.74 Å². The Hall–Kier alpha value is -2.31. The quantitative estimate of drug-likeness (QED) is 0.696. The number of aromatic nitrogens is 4. The molecule has 0 aliphatic heterocycles. The highest BCUT2D eigenvalue weighted by atomic mass is 16.5. The van der Waals surface area contributed by atoms with Crippen molar-refractivity contribution in [3.05, 3.63) is 60.3 Å². The summed E-state index contributed by atoms with van der Waals surface area (Å²) in [4.78, 5) is 10.9. The van der Waals surface area contributed by atoms with Crippen LogP contribution in [-0.4, -0.2) is 45.2 Å². The molecule has 0 saturated carbocycles. The van der Waals surface area contributed by atoms with Gasteiger partial charge >= 0.3 is 0 Å². The number of pyridine rings is 2. The number of likely N-dealkylation sites (N-methyl/N-ethyl adjacent to an activating group) is 1. The van der Waals surface area contributed by atoms with E-state index in [0.29, 0.717) is 6.61 Å². The lowest BCUT2D eigenvalue weighted by Crippen LogP contribution is -2.28. The number of methoxy groups -OCH3 is 1. The van der Waals surface area contributed by atoms with Gasteiger partial charge < -0.3 is 4.74 Å². The van der Waals surface area contributed by atoms with Gasteiger partial charge in [-0.15, -0.1) is 0 Å². The maximum atomic E-state index is 5.37. The van der Waals surface area contributed by atoms with Gasteiger partial charge in [0, 0.05) is 26.0 Å². The van der Waals surface area contributed by atoms with Crippen LogP contribution in [0.15, 0.2) is 49.1 Å². The second kappa shape index (κ2) is 6.64. The van der Waals surface area contributed by atoms with Gasteiger partial charge in [-0.05, 0) is 36.9 Å². The standard InChI is InChI=1S/C16H19N5O/c1-20(15(11-22-2)14-5-3-4-7-17-14)10-13-6-8-21-16(9-13)18-12-19-21/h3-9,12,15H,10-11H2,1-2H3. The van der Waals surface area contributed by atoms with Crippen molar-refractivity contribution in [2.24, 2.45) is 0 Å². The number of hydrogen-bond donors (Lipinski definition) is 0. The zero-order valence-corrected chi connectivity index (χ0v) is 12.8. The van der Waals surface area contributed by atoms with E-state index in [1.165, 1.54) is 5.56 Å². The maximum absolute atomic E-state index is 5.37. The summed E-state index contributed by atoms with van der Waals surface area (Å²) in [5.41, 5.74) is 3.04. The third-order valence-corrected chi connectivity index (χ3v) is 3.66. The van der Waals surface area contributed by atoms with Crippen molar-refractivity contribution in [1.29, 1.82) is 0 Å². The molecule has 0 aliphatic rings. The number of rotatable bonds is 6. The molecule has 3 aromatic heterocycles. The molecule has 0 spiro atoms. The molecule has 3 heterocycles. The van der Waals surface area contributed by atoms with Crippen molar-refractivity contribution >= 4 is 5.65 Å². The van der Waals surface area contributed by atoms with E-state index in [0.717, 1.165) is 17.9 Å². The summed E-state index contributed by atoms with van der Waals surface area (Å²) in [6, 6.07) is 10.2. The maximum Gasteiger partial charge on any atom is 0.155 e. The van der Waals surface area contributed by atoms with E-state index in [1.807, 2.05) is 36.7 Å². The lowest BCUT2D eigenvalue weighted by Gasteiger charge is -2.27. The van der Waals surface area contributed by atoms with Crippen LogP contribution in [0.1, 0.15) is 17.3 Å². The summed E-state index contributed by atoms with van der Waals surface area (Å²) in [6.45, 7) is 1.38. The van der Waals surface area contributed by atoms with E-state index in [2.05, 4.69) is 33.1 Å². The van der Waals surface area contributed by atoms with Gasteiger partial charge in [-0.3, -0.25) is 9.88 Å². The van der Waals surface area contributed by atoms with Crippen LogP contribution < -0.4 is 0 Å². The van der Waals surface area contributed by atoms with Crippen molar-refractivity contribution in [1.82, 2.24) is 24.5 Å². The SMILES string of the molecule is COCC(c1ccccn1)N(C)Cc1ccn2ncnc2c1. The summed E-state index contributed by atoms with van der Waals surface area (Å²) < 4.78 is 7.13. The van der Waals surface area contributed by atoms with Crippen LogP contribution in [0.5, 0.6) is 0 Å². The number of ether oxygens (including phenoxy) is 1. The summed E-state index contributed by atoms with van der Waals surface area (Å²) in [5.74, 6) is 0. The largest absolute Gasteiger partial charge is 0.383 e. The monoisotopic (exact) mass is 297 g/mol. The molecule has 6 heteroatoms. The normalized spacial score (nSPS) is 12.9. The molecule has 0 radical (unpaired) electrons. The number of fused-ring (bicyclic) bond motifs is 1. The first-order valence-electron chi connectivity index (χ1n) is 7.16. The van der Waals surface area contributed by atoms with Crippen LogP contribution in [0, 0.1) is 0 Å². The van der Waals surface area contributed by atoms with Crippen LogP contribution in [0.25, 0.3) is 5.65 Å². The van der Waals surface area contributed by atoms with Gasteiger partial charge in [-0.2, -0.15) is 5.10 Å². The lowest BCUT2D eigenvalue weighted by atomic mass is 10.1. The van der Waals surface area contributed by atoms with Crippen LogP contribution >= 0.6 is 0 Å². The molecule has 0 aliphatic carbocycles. The molecular formula is C16H19N5O. The minimum atomic E-state index is 0.111. The lowest BCUT2D eigenvalue weighted by molar-refractivity contribution is 0.1000. The minimum absolute atomic E-state index is 0.111. The smallest absolute Gasteiger partial charge is 0.155 e. The Morgan fingerprint density at radius 3 is 2.95 bits per heavy atom. The van der Waals surface area contributed by atoms with Gasteiger partial charge in [0.15, 0.2) is 5.65 Å². The second-order valence-corrected chi connectivity index (χ2v) is 5.24. The number of hydrogen-bond acceptors (Lipinski definition) is 5. The van der Waals surface area contributed by atoms with Gasteiger partial charge in [-0.25, -0.2) is 9.50 Å². The molecule has 3 aromatic rings. The van der Waals surface area contributed by atoms with E-state index >= 15 is 0 Å². The Morgan fingerprint density at radius 2 is 2.18 bits per heavy atom. The zero-order valence-electron chi connectivity index (χ0n) is 12.8. The molecule has 0 fully saturated rings. The fourth-order valence-electron chi connectivity index (χ4n) is 2.52. The van der Waals surface area contributed by atoms with Crippen LogP contribution in [0.2, 0.25) is 0 Å². The van der Waals surface area contributed by atoms with Gasteiger partial charge in [0.1, 0.15) is 6.33 Å². The van der Waals surface area contributed by atoms with E-state index < -0.39 is 0 Å². The molecule has 1 atom stereocenters. The predicted octanol–water partition coefficient (Wildman–Crippen LogP) is 1.94. The Labute approximate surface area is 129 Å². The van der Waals surface area contributed by atoms with E-state index in [1.54, 1.807) is 18.0 Å². The van der Waals surface area contributed by atoms with Crippen LogP contribution in [0.3, 0.4) is 0 Å². The summed E-state index contributed by atoms with van der Waals surface area (Å²) in [5, 5.41) is 4.11. The fraction of sp³-hybridized carbons (Fsp3) is 0.312. The van der Waals surface area contributed by atoms with Crippen molar-refractivity contribution in [2.75, 3.05) is 20.8 Å². The Bertz CT molecular complexity index is 727. The average Bonchev–Trinajstić information content (AvgIpc) is 3.01. The minimum Gasteiger partial charge on any atom is -0.383 e. The third kappa shape index (κ3) is 3.13. The molecule has 0 bridgehead atoms. The average molecular weight is 297 g/mol. The van der Waals surface area contributed by atoms with Gasteiger partial charge in [0.25, 0.3) is 0 Å². The van der Waals surface area contributed by atoms with E-state index in [-0.39, 0.29) is 6.04 Å². The van der Waals surface area contributed by atoms with Crippen molar-refractivity contribution in [3.63, 3.8) is 0 Å². The van der Waals surface area contributed by atoms with Gasteiger partial charge in [-0.1, -0.05) is 6.07 Å². The third-order valence-electron chi connectivity index (χ3n) is 3.66. The molecule has 0 aromatic carbocycles. The van der Waals surface area contributed by atoms with Crippen molar-refractivity contribution in [2.45, 2.75) is 12.6 Å². The van der Waals surface area contributed by atoms with Crippen LogP contribution in [0.4, 0.5) is 0 Å². The highest BCUT2D eigenvalue weighted by Gasteiger charge is 2.18. The summed E-state index contributed by atoms with van der Waals surface area (Å²) >= 11 is 0. The predicted molar refractivity (Wildman–Crippen MR) is 83.3 cm³/mol. The first kappa shape index (κ1) is 14.6. The molecule has 1 unspecified atom stereocenters. The highest BCUT2D eigenvalue weighted by molar-refractivity contribution is 5.39. The highest BCUT2D eigenvalue weighted by Crippen LogP contribution is 2.20. The Morgan fingerprint density at radius 1 is 1.27 bits per heavy atom. The summed E-state index contributed by atoms with van der Waals surface area (Å²) in [6.07, 6.45) is 5.30. The topological polar surface area (TPSA) is 55.5 Å². The Balaban J connectivity index is 1.79. The van der Waals surface area contributed by atoms with Gasteiger partial charge in [0.05, 0.1) is 18.3 Å². The molecular weight excluding hydrogens is 278 g/mol. The first-order chi connectivity index (χ1) is 10.8. The zero-order chi connectivity index (χ0) is 15.4. The van der Waals surface area contributed by atoms with E-state index in [4.69, 9.17) is 4.74 Å². The Kier molecular flexibility index (Phi) is 4.41. The van der Waals surface area contributed by atoms with E-state index in [9.17, 15) is 0 Å². The molecule has 0 amide bonds. The number of nitrogens with zero attached hydrogens (tertiary/aromatic N) is 5. The second-order valence-electron chi connectivity index (χ2n) is 5.24.